The number of carbonyl (C=O) groups is 2. The molecule has 2 aliphatic carbocycles. The van der Waals surface area contributed by atoms with Crippen molar-refractivity contribution in [2.45, 2.75) is 50.0 Å². The van der Waals surface area contributed by atoms with Gasteiger partial charge in [-0.15, -0.1) is 0 Å². The average molecular weight is 619 g/mol. The molecule has 0 bridgehead atoms. The van der Waals surface area contributed by atoms with E-state index in [9.17, 15) is 9.59 Å². The second-order valence-electron chi connectivity index (χ2n) is 11.8. The van der Waals surface area contributed by atoms with Crippen molar-refractivity contribution in [3.8, 4) is 28.6 Å². The van der Waals surface area contributed by atoms with Gasteiger partial charge in [0.25, 0.3) is 5.91 Å². The lowest BCUT2D eigenvalue weighted by Gasteiger charge is -2.22. The number of nitrogens with zero attached hydrogens (tertiary/aromatic N) is 3. The number of primary amides is 1. The molecule has 12 heteroatoms. The van der Waals surface area contributed by atoms with Crippen molar-refractivity contribution < 1.29 is 23.8 Å². The van der Waals surface area contributed by atoms with Gasteiger partial charge in [-0.3, -0.25) is 14.6 Å². The third-order valence-electron chi connectivity index (χ3n) is 8.62. The molecule has 2 saturated carbocycles. The number of methoxy groups -OCH3 is 2. The van der Waals surface area contributed by atoms with E-state index in [2.05, 4.69) is 15.3 Å². The molecule has 0 saturated heterocycles. The van der Waals surface area contributed by atoms with Crippen LogP contribution in [-0.4, -0.2) is 61.4 Å². The molecule has 0 radical (unpaired) electrons. The maximum Gasteiger partial charge on any atom is 0.251 e. The Morgan fingerprint density at radius 1 is 1.23 bits per heavy atom. The molecule has 0 spiro atoms. The minimum Gasteiger partial charge on any atom is -0.495 e. The minimum atomic E-state index is -1.07. The molecule has 2 amide bonds. The van der Waals surface area contributed by atoms with Crippen molar-refractivity contribution in [1.29, 1.82) is 0 Å². The van der Waals surface area contributed by atoms with Crippen molar-refractivity contribution in [2.75, 3.05) is 33.1 Å². The van der Waals surface area contributed by atoms with Crippen molar-refractivity contribution in [1.82, 2.24) is 15.3 Å². The molecule has 1 aliphatic heterocycles. The number of pyridine rings is 2. The topological polar surface area (TPSA) is 164 Å². The number of hydrogen-bond acceptors (Lipinski definition) is 9. The molecule has 3 heterocycles. The third kappa shape index (κ3) is 5.52. The highest BCUT2D eigenvalue weighted by molar-refractivity contribution is 6.34. The van der Waals surface area contributed by atoms with Gasteiger partial charge in [-0.05, 0) is 62.8 Å². The quantitative estimate of drug-likeness (QED) is 0.214. The summed E-state index contributed by atoms with van der Waals surface area (Å²) in [4.78, 5) is 39.9. The van der Waals surface area contributed by atoms with Crippen LogP contribution < -0.4 is 31.0 Å². The van der Waals surface area contributed by atoms with E-state index in [1.807, 2.05) is 6.07 Å². The van der Waals surface area contributed by atoms with Gasteiger partial charge in [0.2, 0.25) is 11.8 Å². The Kier molecular flexibility index (Phi) is 7.83. The summed E-state index contributed by atoms with van der Waals surface area (Å²) in [7, 11) is 3.00. The summed E-state index contributed by atoms with van der Waals surface area (Å²) in [5, 5.41) is 3.37. The molecule has 11 nitrogen and oxygen atoms in total. The van der Waals surface area contributed by atoms with Crippen LogP contribution in [0.1, 0.15) is 65.7 Å². The molecule has 1 aromatic carbocycles. The largest absolute Gasteiger partial charge is 0.495 e. The van der Waals surface area contributed by atoms with Crippen LogP contribution in [0.15, 0.2) is 35.5 Å². The summed E-state index contributed by atoms with van der Waals surface area (Å²) in [5.41, 5.74) is 14.9. The van der Waals surface area contributed by atoms with Crippen LogP contribution in [0.5, 0.6) is 17.4 Å². The second-order valence-corrected chi connectivity index (χ2v) is 12.2. The van der Waals surface area contributed by atoms with E-state index in [-0.39, 0.29) is 29.3 Å². The van der Waals surface area contributed by atoms with Gasteiger partial charge in [0.05, 0.1) is 25.9 Å². The molecule has 44 heavy (non-hydrogen) atoms. The summed E-state index contributed by atoms with van der Waals surface area (Å²) in [5.74, 6) is 0.464. The van der Waals surface area contributed by atoms with Crippen molar-refractivity contribution in [2.24, 2.45) is 16.6 Å². The van der Waals surface area contributed by atoms with Crippen LogP contribution in [0.2, 0.25) is 5.02 Å². The molecular weight excluding hydrogens is 584 g/mol. The number of amides is 2. The normalized spacial score (nSPS) is 19.7. The van der Waals surface area contributed by atoms with E-state index in [4.69, 9.17) is 42.3 Å². The number of carbonyl (C=O) groups excluding carboxylic acids is 2. The van der Waals surface area contributed by atoms with E-state index in [0.29, 0.717) is 69.3 Å². The average Bonchev–Trinajstić information content (AvgIpc) is 3.96. The highest BCUT2D eigenvalue weighted by atomic mass is 35.5. The van der Waals surface area contributed by atoms with E-state index < -0.39 is 11.3 Å². The van der Waals surface area contributed by atoms with Gasteiger partial charge in [0.15, 0.2) is 0 Å². The molecule has 2 fully saturated rings. The fourth-order valence-electron chi connectivity index (χ4n) is 5.51. The van der Waals surface area contributed by atoms with Crippen LogP contribution in [0.4, 0.5) is 5.69 Å². The molecule has 6 rings (SSSR count). The zero-order valence-corrected chi connectivity index (χ0v) is 25.6. The molecule has 2 aromatic heterocycles. The molecule has 0 unspecified atom stereocenters. The van der Waals surface area contributed by atoms with Gasteiger partial charge in [-0.25, -0.2) is 9.97 Å². The van der Waals surface area contributed by atoms with Crippen LogP contribution in [0.25, 0.3) is 11.3 Å². The van der Waals surface area contributed by atoms with Crippen LogP contribution >= 0.6 is 11.6 Å². The number of anilines is 1. The lowest BCUT2D eigenvalue weighted by molar-refractivity contribution is -0.123. The highest BCUT2D eigenvalue weighted by Crippen LogP contribution is 2.49. The van der Waals surface area contributed by atoms with Crippen molar-refractivity contribution >= 4 is 35.3 Å². The van der Waals surface area contributed by atoms with Crippen LogP contribution in [-0.2, 0) is 10.2 Å². The second kappa shape index (κ2) is 11.6. The Balaban J connectivity index is 1.35. The first-order valence-corrected chi connectivity index (χ1v) is 15.0. The summed E-state index contributed by atoms with van der Waals surface area (Å²) < 4.78 is 16.8. The number of aliphatic imine (C=N–C) groups is 1. The molecule has 230 valence electrons. The summed E-state index contributed by atoms with van der Waals surface area (Å²) in [6.07, 6.45) is 7.37. The van der Waals surface area contributed by atoms with E-state index >= 15 is 0 Å². The maximum atomic E-state index is 13.5. The number of nitrogen functional groups attached to an aromatic ring is 1. The zero-order valence-electron chi connectivity index (χ0n) is 24.9. The minimum absolute atomic E-state index is 0.0752. The first-order chi connectivity index (χ1) is 21.1. The van der Waals surface area contributed by atoms with Gasteiger partial charge < -0.3 is 31.0 Å². The molecule has 3 aliphatic rings. The molecular formula is C32H35ClN6O5. The molecule has 2 atom stereocenters. The number of aromatic nitrogens is 2. The number of nitrogens with one attached hydrogen (secondary N) is 1. The smallest absolute Gasteiger partial charge is 0.251 e. The fraction of sp³-hybridized carbons (Fsp3) is 0.406. The predicted octanol–water partition coefficient (Wildman–Crippen LogP) is 4.04. The fourth-order valence-corrected chi connectivity index (χ4v) is 5.79. The van der Waals surface area contributed by atoms with E-state index in [1.54, 1.807) is 37.5 Å². The van der Waals surface area contributed by atoms with Gasteiger partial charge in [0, 0.05) is 52.8 Å². The van der Waals surface area contributed by atoms with E-state index in [1.165, 1.54) is 14.2 Å². The van der Waals surface area contributed by atoms with Crippen molar-refractivity contribution in [3.05, 3.63) is 57.9 Å². The third-order valence-corrected chi connectivity index (χ3v) is 8.99. The van der Waals surface area contributed by atoms with E-state index in [0.717, 1.165) is 25.7 Å². The number of rotatable bonds is 11. The summed E-state index contributed by atoms with van der Waals surface area (Å²) >= 11 is 6.69. The molecule has 5 N–H and O–H groups in total. The predicted molar refractivity (Wildman–Crippen MR) is 167 cm³/mol. The van der Waals surface area contributed by atoms with Gasteiger partial charge in [-0.1, -0.05) is 11.6 Å². The van der Waals surface area contributed by atoms with Gasteiger partial charge in [0.1, 0.15) is 34.2 Å². The SMILES string of the molecule is COc1cc(C(=O)NC[C@H](c2cc3c(c(-c4ccnc(OC)c4Cl)n2)OC[C@]3(C)C(N)=O)C2CC2)cc(C=NC2CC2)c1N. The maximum absolute atomic E-state index is 13.5. The summed E-state index contributed by atoms with van der Waals surface area (Å²) in [6.45, 7) is 2.15. The van der Waals surface area contributed by atoms with Gasteiger partial charge >= 0.3 is 0 Å². The highest BCUT2D eigenvalue weighted by Gasteiger charge is 2.45. The zero-order chi connectivity index (χ0) is 31.2. The van der Waals surface area contributed by atoms with Crippen LogP contribution in [0, 0.1) is 5.92 Å². The summed E-state index contributed by atoms with van der Waals surface area (Å²) in [6, 6.07) is 7.28. The Labute approximate surface area is 260 Å². The van der Waals surface area contributed by atoms with Gasteiger partial charge in [-0.2, -0.15) is 0 Å². The number of nitrogens with two attached hydrogens (primary N) is 2. The monoisotopic (exact) mass is 618 g/mol. The Hall–Kier alpha value is -4.38. The Morgan fingerprint density at radius 3 is 2.66 bits per heavy atom. The number of fused-ring (bicyclic) bond motifs is 1. The number of hydrogen-bond donors (Lipinski definition) is 3. The Bertz CT molecular complexity index is 1670. The number of benzene rings is 1. The lowest BCUT2D eigenvalue weighted by Crippen LogP contribution is -2.40. The number of halogens is 1. The Morgan fingerprint density at radius 2 is 2.00 bits per heavy atom. The van der Waals surface area contributed by atoms with Crippen LogP contribution in [0.3, 0.4) is 0 Å². The first-order valence-electron chi connectivity index (χ1n) is 14.6. The number of ether oxygens (including phenoxy) is 3. The molecule has 3 aromatic rings. The lowest BCUT2D eigenvalue weighted by atomic mass is 9.82. The van der Waals surface area contributed by atoms with Crippen molar-refractivity contribution in [3.63, 3.8) is 0 Å². The standard InChI is InChI=1S/C32H35ClN6O5/c1-32(31(35)41)15-44-28-22(32)12-23(39-27(28)20-8-9-36-30(43-3)25(20)33)21(16-4-5-16)14-38-29(40)17-10-18(13-37-19-6-7-19)26(34)24(11-17)42-2/h8-13,16,19,21H,4-7,14-15,34H2,1-3H3,(H2,35,41)(H,38,40)/t21-,32-/m0/s1. The first kappa shape index (κ1) is 29.7.